The number of unbranched alkanes of at least 4 members (excludes halogenated alkanes) is 45. The van der Waals surface area contributed by atoms with Crippen molar-refractivity contribution in [3.63, 3.8) is 0 Å². The minimum atomic E-state index is -1.98. The molecule has 0 radical (unpaired) electrons. The van der Waals surface area contributed by atoms with Crippen molar-refractivity contribution in [3.8, 4) is 0 Å². The van der Waals surface area contributed by atoms with Crippen molar-refractivity contribution >= 4 is 5.91 Å². The molecule has 0 aromatic carbocycles. The zero-order chi connectivity index (χ0) is 67.5. The molecule has 3 rings (SSSR count). The molecule has 3 aliphatic rings. The van der Waals surface area contributed by atoms with Crippen LogP contribution in [-0.2, 0) is 33.2 Å². The van der Waals surface area contributed by atoms with Crippen molar-refractivity contribution in [2.24, 2.45) is 0 Å². The van der Waals surface area contributed by atoms with E-state index < -0.39 is 124 Å². The summed E-state index contributed by atoms with van der Waals surface area (Å²) >= 11 is 0. The van der Waals surface area contributed by atoms with E-state index in [1.165, 1.54) is 250 Å². The summed E-state index contributed by atoms with van der Waals surface area (Å²) in [6.45, 7) is 1.79. The van der Waals surface area contributed by atoms with Crippen LogP contribution in [0.25, 0.3) is 0 Å². The number of hydrogen-bond donors (Lipinski definition) is 12. The molecule has 0 aromatic rings. The molecular weight excluding hydrogens is 1190 g/mol. The minimum Gasteiger partial charge on any atom is -0.394 e. The van der Waals surface area contributed by atoms with E-state index in [4.69, 9.17) is 28.4 Å². The van der Waals surface area contributed by atoms with Gasteiger partial charge >= 0.3 is 0 Å². The Kier molecular flexibility index (Phi) is 51.9. The van der Waals surface area contributed by atoms with E-state index in [2.05, 4.69) is 19.2 Å². The van der Waals surface area contributed by atoms with Crippen molar-refractivity contribution in [2.45, 2.75) is 426 Å². The van der Waals surface area contributed by atoms with Gasteiger partial charge in [0, 0.05) is 6.42 Å². The number of carbonyl (C=O) groups excluding carboxylic acids is 1. The lowest BCUT2D eigenvalue weighted by atomic mass is 9.96. The summed E-state index contributed by atoms with van der Waals surface area (Å²) in [6, 6.07) is -0.969. The zero-order valence-corrected chi connectivity index (χ0v) is 58.5. The first-order chi connectivity index (χ1) is 45.3. The lowest BCUT2D eigenvalue weighted by molar-refractivity contribution is -0.379. The summed E-state index contributed by atoms with van der Waals surface area (Å²) in [5, 5.41) is 121. The summed E-state index contributed by atoms with van der Waals surface area (Å²) in [5.41, 5.74) is 0. The second-order valence-corrected chi connectivity index (χ2v) is 27.8. The number of aliphatic hydroxyl groups is 11. The summed E-state index contributed by atoms with van der Waals surface area (Å²) in [7, 11) is 0. The highest BCUT2D eigenvalue weighted by Crippen LogP contribution is 2.33. The summed E-state index contributed by atoms with van der Waals surface area (Å²) in [5.74, 6) is -0.267. The number of nitrogens with one attached hydrogen (secondary N) is 1. The number of rotatable bonds is 61. The lowest BCUT2D eigenvalue weighted by Gasteiger charge is -2.48. The van der Waals surface area contributed by atoms with Crippen LogP contribution in [-0.4, -0.2) is 193 Å². The maximum atomic E-state index is 13.5. The zero-order valence-electron chi connectivity index (χ0n) is 58.5. The van der Waals surface area contributed by atoms with E-state index in [0.717, 1.165) is 44.9 Å². The average Bonchev–Trinajstić information content (AvgIpc) is 0.998. The average molecular weight is 1330 g/mol. The molecule has 3 saturated heterocycles. The number of allylic oxidation sites excluding steroid dienone is 1. The van der Waals surface area contributed by atoms with E-state index in [1.54, 1.807) is 6.08 Å². The van der Waals surface area contributed by atoms with Gasteiger partial charge in [0.15, 0.2) is 18.9 Å². The lowest BCUT2D eigenvalue weighted by Crippen LogP contribution is -2.66. The maximum absolute atomic E-state index is 13.5. The largest absolute Gasteiger partial charge is 0.394 e. The number of ether oxygens (including phenoxy) is 6. The predicted octanol–water partition coefficient (Wildman–Crippen LogP) is 11.6. The topological polar surface area (TPSA) is 307 Å². The second-order valence-electron chi connectivity index (χ2n) is 27.8. The van der Waals surface area contributed by atoms with Crippen LogP contribution in [0, 0.1) is 0 Å². The third kappa shape index (κ3) is 37.5. The van der Waals surface area contributed by atoms with E-state index in [-0.39, 0.29) is 18.9 Å². The van der Waals surface area contributed by atoms with Crippen LogP contribution in [0.15, 0.2) is 12.2 Å². The fraction of sp³-hybridized carbons (Fsp3) is 0.959. The normalized spacial score (nSPS) is 27.5. The Morgan fingerprint density at radius 3 is 1.01 bits per heavy atom. The molecule has 0 bridgehead atoms. The van der Waals surface area contributed by atoms with Gasteiger partial charge in [-0.25, -0.2) is 0 Å². The van der Waals surface area contributed by atoms with Gasteiger partial charge in [-0.05, 0) is 19.3 Å². The third-order valence-electron chi connectivity index (χ3n) is 19.6. The molecule has 3 heterocycles. The second kappa shape index (κ2) is 56.3. The fourth-order valence-electron chi connectivity index (χ4n) is 13.4. The Morgan fingerprint density at radius 2 is 0.667 bits per heavy atom. The van der Waals surface area contributed by atoms with Gasteiger partial charge < -0.3 is 89.9 Å². The molecule has 0 aromatic heterocycles. The Labute approximate surface area is 563 Å². The third-order valence-corrected chi connectivity index (χ3v) is 19.6. The smallest absolute Gasteiger partial charge is 0.220 e. The number of hydrogen-bond acceptors (Lipinski definition) is 18. The van der Waals surface area contributed by atoms with Gasteiger partial charge in [-0.3, -0.25) is 4.79 Å². The van der Waals surface area contributed by atoms with Crippen molar-refractivity contribution in [3.05, 3.63) is 12.2 Å². The SMILES string of the molecule is CCCCCCCCCCCCCCCCCCCCC/C=C/C(O)C(COC1OC(CO)C(OC2OC(CO)C(OC3OC(CO)C(O)C(O)C3O)C(O)C2O)C(O)C1O)NC(=O)CCCCCCCCCCCCCCCCCCCCCCCCCCCCC. The van der Waals surface area contributed by atoms with E-state index in [9.17, 15) is 61.0 Å². The van der Waals surface area contributed by atoms with Gasteiger partial charge in [-0.1, -0.05) is 309 Å². The highest BCUT2D eigenvalue weighted by atomic mass is 16.8. The van der Waals surface area contributed by atoms with E-state index >= 15 is 0 Å². The Balaban J connectivity index is 1.39. The summed E-state index contributed by atoms with van der Waals surface area (Å²) in [4.78, 5) is 13.5. The monoisotopic (exact) mass is 1330 g/mol. The highest BCUT2D eigenvalue weighted by molar-refractivity contribution is 5.76. The first kappa shape index (κ1) is 85.8. The molecule has 0 aliphatic carbocycles. The molecule has 17 atom stereocenters. The molecule has 19 nitrogen and oxygen atoms in total. The summed E-state index contributed by atoms with van der Waals surface area (Å²) < 4.78 is 34.4. The first-order valence-corrected chi connectivity index (χ1v) is 38.4. The number of aliphatic hydroxyl groups excluding tert-OH is 11. The molecule has 3 aliphatic heterocycles. The maximum Gasteiger partial charge on any atom is 0.220 e. The molecule has 19 heteroatoms. The summed E-state index contributed by atoms with van der Waals surface area (Å²) in [6.07, 6.45) is 37.6. The molecule has 0 saturated carbocycles. The van der Waals surface area contributed by atoms with Crippen LogP contribution in [0.2, 0.25) is 0 Å². The van der Waals surface area contributed by atoms with Crippen LogP contribution in [0.3, 0.4) is 0 Å². The molecule has 1 amide bonds. The van der Waals surface area contributed by atoms with Crippen LogP contribution < -0.4 is 5.32 Å². The van der Waals surface area contributed by atoms with Crippen LogP contribution in [0.1, 0.15) is 322 Å². The molecule has 550 valence electrons. The van der Waals surface area contributed by atoms with Gasteiger partial charge in [-0.15, -0.1) is 0 Å². The highest BCUT2D eigenvalue weighted by Gasteiger charge is 2.53. The quantitative estimate of drug-likeness (QED) is 0.0199. The van der Waals surface area contributed by atoms with Crippen LogP contribution >= 0.6 is 0 Å². The van der Waals surface area contributed by atoms with Gasteiger partial charge in [0.05, 0.1) is 38.6 Å². The van der Waals surface area contributed by atoms with Crippen LogP contribution in [0.5, 0.6) is 0 Å². The van der Waals surface area contributed by atoms with Crippen molar-refractivity contribution in [1.82, 2.24) is 5.32 Å². The van der Waals surface area contributed by atoms with Crippen molar-refractivity contribution in [2.75, 3.05) is 26.4 Å². The number of carbonyl (C=O) groups is 1. The van der Waals surface area contributed by atoms with Crippen molar-refractivity contribution < 1.29 is 89.4 Å². The Hall–Kier alpha value is -1.47. The Morgan fingerprint density at radius 1 is 0.376 bits per heavy atom. The van der Waals surface area contributed by atoms with Gasteiger partial charge in [-0.2, -0.15) is 0 Å². The molecule has 0 spiro atoms. The fourth-order valence-corrected chi connectivity index (χ4v) is 13.4. The van der Waals surface area contributed by atoms with Crippen LogP contribution in [0.4, 0.5) is 0 Å². The number of amides is 1. The Bertz CT molecular complexity index is 1730. The minimum absolute atomic E-state index is 0.250. The van der Waals surface area contributed by atoms with Gasteiger partial charge in [0.25, 0.3) is 0 Å². The first-order valence-electron chi connectivity index (χ1n) is 38.4. The molecule has 93 heavy (non-hydrogen) atoms. The van der Waals surface area contributed by atoms with E-state index in [0.29, 0.717) is 6.42 Å². The van der Waals surface area contributed by atoms with Gasteiger partial charge in [0.1, 0.15) is 73.2 Å². The molecule has 12 N–H and O–H groups in total. The van der Waals surface area contributed by atoms with Gasteiger partial charge in [0.2, 0.25) is 5.91 Å². The molecule has 3 fully saturated rings. The van der Waals surface area contributed by atoms with Crippen molar-refractivity contribution in [1.29, 1.82) is 0 Å². The van der Waals surface area contributed by atoms with E-state index in [1.807, 2.05) is 6.08 Å². The standard InChI is InChI=1S/C74H141NO18/c1-3-5-7-9-11-13-15-17-19-21-23-25-26-27-28-29-30-32-34-36-38-40-42-44-46-48-50-52-62(80)75-57(58(79)51-49-47-45-43-41-39-37-35-33-31-24-22-20-18-16-14-12-10-8-6-4-2)56-88-72-68(86)65(83)70(60(54-77)90-72)93-74-69(87)66(84)71(61(55-78)91-74)92-73-67(85)64(82)63(81)59(53-76)89-73/h49,51,57-61,63-74,76-79,81-87H,3-48,50,52-56H2,1-2H3,(H,75,80)/b51-49+. The molecular formula is C74H141NO18. The molecule has 17 unspecified atom stereocenters. The predicted molar refractivity (Wildman–Crippen MR) is 365 cm³/mol.